The van der Waals surface area contributed by atoms with Crippen molar-refractivity contribution in [3.05, 3.63) is 24.2 Å². The molecule has 0 aliphatic carbocycles. The number of hydrogen-bond acceptors (Lipinski definition) is 3. The van der Waals surface area contributed by atoms with Gasteiger partial charge >= 0.3 is 0 Å². The van der Waals surface area contributed by atoms with Crippen molar-refractivity contribution in [3.63, 3.8) is 0 Å². The molecule has 0 aliphatic heterocycles. The Hall–Kier alpha value is -0.840. The maximum atomic E-state index is 9.39. The van der Waals surface area contributed by atoms with Crippen LogP contribution in [0, 0.1) is 0 Å². The minimum atomic E-state index is -1.99. The fourth-order valence-electron chi connectivity index (χ4n) is 1.29. The quantitative estimate of drug-likeness (QED) is 0.759. The lowest BCUT2D eigenvalue weighted by atomic mass is 10.4. The van der Waals surface area contributed by atoms with E-state index < -0.39 is 4.52 Å². The molecule has 0 spiro atoms. The first kappa shape index (κ1) is 9.71. The number of aromatic nitrogens is 3. The normalized spacial score (nSPS) is 12.3. The van der Waals surface area contributed by atoms with Gasteiger partial charge in [0.15, 0.2) is 11.5 Å². The molecule has 6 heteroatoms. The van der Waals surface area contributed by atoms with Crippen LogP contribution in [0.2, 0.25) is 0 Å². The topological polar surface area (TPSA) is 50.9 Å². The van der Waals surface area contributed by atoms with Crippen molar-refractivity contribution < 1.29 is 5.11 Å². The van der Waals surface area contributed by atoms with E-state index in [1.807, 2.05) is 0 Å². The number of rotatable bonds is 1. The standard InChI is InChI=1S/C8H7Cl2N3O/c1-13-6-5(3-2-4-11-6)12-7(13)8(9,10)14/h2-4,14H,1H3. The fraction of sp³-hybridized carbons (Fsp3) is 0.250. The van der Waals surface area contributed by atoms with E-state index in [1.54, 1.807) is 29.9 Å². The molecule has 0 saturated heterocycles. The zero-order valence-corrected chi connectivity index (χ0v) is 8.79. The monoisotopic (exact) mass is 231 g/mol. The Morgan fingerprint density at radius 2 is 2.21 bits per heavy atom. The summed E-state index contributed by atoms with van der Waals surface area (Å²) in [5.41, 5.74) is 1.27. The minimum absolute atomic E-state index is 0.162. The number of alkyl halides is 2. The summed E-state index contributed by atoms with van der Waals surface area (Å²) in [5, 5.41) is 9.39. The predicted octanol–water partition coefficient (Wildman–Crippen LogP) is 1.55. The fourth-order valence-corrected chi connectivity index (χ4v) is 1.63. The highest BCUT2D eigenvalue weighted by Gasteiger charge is 2.29. The van der Waals surface area contributed by atoms with Crippen LogP contribution in [-0.4, -0.2) is 19.6 Å². The minimum Gasteiger partial charge on any atom is -0.357 e. The van der Waals surface area contributed by atoms with Crippen LogP contribution in [0.5, 0.6) is 0 Å². The summed E-state index contributed by atoms with van der Waals surface area (Å²) in [6, 6.07) is 3.52. The number of pyridine rings is 1. The maximum Gasteiger partial charge on any atom is 0.275 e. The highest BCUT2D eigenvalue weighted by molar-refractivity contribution is 6.46. The molecular weight excluding hydrogens is 225 g/mol. The van der Waals surface area contributed by atoms with Gasteiger partial charge in [0.2, 0.25) is 0 Å². The first-order chi connectivity index (χ1) is 6.50. The third-order valence-corrected chi connectivity index (χ3v) is 2.23. The van der Waals surface area contributed by atoms with Crippen molar-refractivity contribution in [1.82, 2.24) is 14.5 Å². The number of nitrogens with zero attached hydrogens (tertiary/aromatic N) is 3. The number of fused-ring (bicyclic) bond motifs is 1. The smallest absolute Gasteiger partial charge is 0.275 e. The van der Waals surface area contributed by atoms with Gasteiger partial charge in [-0.25, -0.2) is 9.97 Å². The van der Waals surface area contributed by atoms with Gasteiger partial charge < -0.3 is 9.67 Å². The zero-order valence-electron chi connectivity index (χ0n) is 7.28. The zero-order chi connectivity index (χ0) is 10.3. The molecule has 2 rings (SSSR count). The van der Waals surface area contributed by atoms with Crippen LogP contribution in [0.4, 0.5) is 0 Å². The number of hydrogen-bond donors (Lipinski definition) is 1. The third-order valence-electron chi connectivity index (χ3n) is 1.90. The number of aryl methyl sites for hydroxylation is 1. The molecule has 2 heterocycles. The molecule has 1 N–H and O–H groups in total. The van der Waals surface area contributed by atoms with Gasteiger partial charge in [-0.1, -0.05) is 23.2 Å². The second kappa shape index (κ2) is 3.08. The van der Waals surface area contributed by atoms with Gasteiger partial charge in [0.1, 0.15) is 5.52 Å². The van der Waals surface area contributed by atoms with Gasteiger partial charge in [0.05, 0.1) is 0 Å². The molecule has 0 saturated carbocycles. The van der Waals surface area contributed by atoms with Crippen molar-refractivity contribution in [1.29, 1.82) is 0 Å². The molecule has 0 radical (unpaired) electrons. The van der Waals surface area contributed by atoms with Gasteiger partial charge in [-0.15, -0.1) is 0 Å². The van der Waals surface area contributed by atoms with Crippen LogP contribution in [0.3, 0.4) is 0 Å². The van der Waals surface area contributed by atoms with Gasteiger partial charge in [0.25, 0.3) is 4.52 Å². The first-order valence-corrected chi connectivity index (χ1v) is 4.64. The molecule has 0 aromatic carbocycles. The lowest BCUT2D eigenvalue weighted by Gasteiger charge is -2.10. The molecule has 0 unspecified atom stereocenters. The Labute approximate surface area is 90.1 Å². The van der Waals surface area contributed by atoms with Crippen LogP contribution in [0.1, 0.15) is 5.82 Å². The Morgan fingerprint density at radius 3 is 2.79 bits per heavy atom. The average Bonchev–Trinajstić information content (AvgIpc) is 2.44. The molecule has 2 aromatic heterocycles. The molecule has 2 aromatic rings. The molecule has 0 fully saturated rings. The third kappa shape index (κ3) is 1.45. The van der Waals surface area contributed by atoms with Gasteiger partial charge in [-0.2, -0.15) is 0 Å². The van der Waals surface area contributed by atoms with Crippen molar-refractivity contribution in [3.8, 4) is 0 Å². The number of halogens is 2. The van der Waals surface area contributed by atoms with Crippen molar-refractivity contribution in [2.75, 3.05) is 0 Å². The summed E-state index contributed by atoms with van der Waals surface area (Å²) in [5.74, 6) is 0.162. The maximum absolute atomic E-state index is 9.39. The van der Waals surface area contributed by atoms with E-state index >= 15 is 0 Å². The summed E-state index contributed by atoms with van der Waals surface area (Å²) < 4.78 is -0.440. The Kier molecular flexibility index (Phi) is 2.14. The van der Waals surface area contributed by atoms with E-state index in [0.717, 1.165) is 0 Å². The van der Waals surface area contributed by atoms with E-state index in [1.165, 1.54) is 0 Å². The van der Waals surface area contributed by atoms with Crippen LogP contribution < -0.4 is 0 Å². The van der Waals surface area contributed by atoms with Gasteiger partial charge in [-0.3, -0.25) is 0 Å². The Bertz CT molecular complexity index is 475. The lowest BCUT2D eigenvalue weighted by Crippen LogP contribution is -2.15. The molecular formula is C8H7Cl2N3O. The molecule has 0 aliphatic rings. The molecule has 0 amide bonds. The SMILES string of the molecule is Cn1c(C(O)(Cl)Cl)nc2cccnc21. The van der Waals surface area contributed by atoms with Crippen molar-refractivity contribution in [2.45, 2.75) is 4.52 Å². The predicted molar refractivity (Wildman–Crippen MR) is 54.1 cm³/mol. The second-order valence-electron chi connectivity index (χ2n) is 2.88. The summed E-state index contributed by atoms with van der Waals surface area (Å²) >= 11 is 11.1. The molecule has 0 bridgehead atoms. The Morgan fingerprint density at radius 1 is 1.50 bits per heavy atom. The second-order valence-corrected chi connectivity index (χ2v) is 4.17. The van der Waals surface area contributed by atoms with E-state index in [9.17, 15) is 5.11 Å². The summed E-state index contributed by atoms with van der Waals surface area (Å²) in [7, 11) is 1.69. The number of imidazole rings is 1. The number of aliphatic hydroxyl groups is 1. The summed E-state index contributed by atoms with van der Waals surface area (Å²) in [4.78, 5) is 8.16. The molecule has 0 atom stereocenters. The largest absolute Gasteiger partial charge is 0.357 e. The summed E-state index contributed by atoms with van der Waals surface area (Å²) in [6.07, 6.45) is 1.63. The van der Waals surface area contributed by atoms with Gasteiger partial charge in [-0.05, 0) is 12.1 Å². The Balaban J connectivity index is 2.75. The van der Waals surface area contributed by atoms with Crippen molar-refractivity contribution in [2.24, 2.45) is 7.05 Å². The van der Waals surface area contributed by atoms with Crippen LogP contribution >= 0.6 is 23.2 Å². The molecule has 4 nitrogen and oxygen atoms in total. The van der Waals surface area contributed by atoms with Crippen LogP contribution in [-0.2, 0) is 11.6 Å². The van der Waals surface area contributed by atoms with Gasteiger partial charge in [0, 0.05) is 13.2 Å². The van der Waals surface area contributed by atoms with Crippen molar-refractivity contribution >= 4 is 34.4 Å². The van der Waals surface area contributed by atoms with E-state index in [0.29, 0.717) is 11.2 Å². The highest BCUT2D eigenvalue weighted by Crippen LogP contribution is 2.30. The highest BCUT2D eigenvalue weighted by atomic mass is 35.5. The van der Waals surface area contributed by atoms with E-state index in [-0.39, 0.29) is 5.82 Å². The van der Waals surface area contributed by atoms with Crippen LogP contribution in [0.25, 0.3) is 11.2 Å². The molecule has 74 valence electrons. The lowest BCUT2D eigenvalue weighted by molar-refractivity contribution is 0.204. The van der Waals surface area contributed by atoms with E-state index in [2.05, 4.69) is 9.97 Å². The first-order valence-electron chi connectivity index (χ1n) is 3.88. The van der Waals surface area contributed by atoms with E-state index in [4.69, 9.17) is 23.2 Å². The summed E-state index contributed by atoms with van der Waals surface area (Å²) in [6.45, 7) is 0. The molecule has 14 heavy (non-hydrogen) atoms. The average molecular weight is 232 g/mol. The van der Waals surface area contributed by atoms with Crippen LogP contribution in [0.15, 0.2) is 18.3 Å².